The highest BCUT2D eigenvalue weighted by Gasteiger charge is 2.50. The van der Waals surface area contributed by atoms with Crippen LogP contribution in [0.15, 0.2) is 35.2 Å². The monoisotopic (exact) mass is 194 g/mol. The summed E-state index contributed by atoms with van der Waals surface area (Å²) >= 11 is 0. The Labute approximate surface area is 81.6 Å². The zero-order chi connectivity index (χ0) is 9.47. The Morgan fingerprint density at radius 1 is 1.31 bits per heavy atom. The van der Waals surface area contributed by atoms with E-state index in [9.17, 15) is 4.21 Å². The molecule has 0 amide bonds. The fourth-order valence-corrected chi connectivity index (χ4v) is 3.42. The lowest BCUT2D eigenvalue weighted by molar-refractivity contribution is 0.639. The van der Waals surface area contributed by atoms with Crippen molar-refractivity contribution in [1.82, 2.24) is 0 Å². The van der Waals surface area contributed by atoms with E-state index in [4.69, 9.17) is 0 Å². The molecule has 0 saturated heterocycles. The first-order chi connectivity index (χ1) is 6.11. The number of benzene rings is 1. The predicted molar refractivity (Wildman–Crippen MR) is 55.0 cm³/mol. The highest BCUT2D eigenvalue weighted by Crippen LogP contribution is 2.49. The Hall–Kier alpha value is -0.630. The minimum atomic E-state index is -0.793. The molecule has 1 aromatic carbocycles. The van der Waals surface area contributed by atoms with Gasteiger partial charge in [0.1, 0.15) is 0 Å². The van der Waals surface area contributed by atoms with Crippen LogP contribution in [0.3, 0.4) is 0 Å². The van der Waals surface area contributed by atoms with Gasteiger partial charge in [0, 0.05) is 10.1 Å². The number of rotatable bonds is 2. The molecule has 1 aliphatic rings. The normalized spacial score (nSPS) is 26.8. The lowest BCUT2D eigenvalue weighted by Crippen LogP contribution is -2.04. The van der Waals surface area contributed by atoms with E-state index in [1.165, 1.54) is 0 Å². The second-order valence-electron chi connectivity index (χ2n) is 4.29. The third-order valence-electron chi connectivity index (χ3n) is 2.66. The van der Waals surface area contributed by atoms with E-state index in [0.717, 1.165) is 11.3 Å². The SMILES string of the molecule is CC1(C)CC1S(=O)c1ccccc1. The van der Waals surface area contributed by atoms with E-state index in [-0.39, 0.29) is 0 Å². The zero-order valence-corrected chi connectivity index (χ0v) is 8.80. The lowest BCUT2D eigenvalue weighted by Gasteiger charge is -2.03. The minimum absolute atomic E-state index is 0.292. The molecule has 0 spiro atoms. The summed E-state index contributed by atoms with van der Waals surface area (Å²) in [6, 6.07) is 9.75. The van der Waals surface area contributed by atoms with Crippen LogP contribution >= 0.6 is 0 Å². The summed E-state index contributed by atoms with van der Waals surface area (Å²) in [5.41, 5.74) is 0.292. The van der Waals surface area contributed by atoms with Gasteiger partial charge in [-0.1, -0.05) is 32.0 Å². The summed E-state index contributed by atoms with van der Waals surface area (Å²) in [4.78, 5) is 0.970. The maximum atomic E-state index is 11.9. The molecule has 70 valence electrons. The van der Waals surface area contributed by atoms with Crippen LogP contribution < -0.4 is 0 Å². The van der Waals surface area contributed by atoms with Gasteiger partial charge in [-0.15, -0.1) is 0 Å². The van der Waals surface area contributed by atoms with Crippen molar-refractivity contribution in [3.63, 3.8) is 0 Å². The second kappa shape index (κ2) is 2.95. The van der Waals surface area contributed by atoms with Crippen molar-refractivity contribution in [2.24, 2.45) is 5.41 Å². The molecule has 1 aromatic rings. The van der Waals surface area contributed by atoms with E-state index in [1.807, 2.05) is 30.3 Å². The Kier molecular flexibility index (Phi) is 2.03. The Morgan fingerprint density at radius 2 is 1.85 bits per heavy atom. The van der Waals surface area contributed by atoms with Gasteiger partial charge in [0.2, 0.25) is 0 Å². The van der Waals surface area contributed by atoms with Crippen LogP contribution in [0.25, 0.3) is 0 Å². The topological polar surface area (TPSA) is 17.1 Å². The highest BCUT2D eigenvalue weighted by molar-refractivity contribution is 7.86. The summed E-state index contributed by atoms with van der Waals surface area (Å²) in [5.74, 6) is 0. The third kappa shape index (κ3) is 1.68. The van der Waals surface area contributed by atoms with Crippen molar-refractivity contribution < 1.29 is 4.21 Å². The van der Waals surface area contributed by atoms with Crippen molar-refractivity contribution in [1.29, 1.82) is 0 Å². The molecule has 1 fully saturated rings. The van der Waals surface area contributed by atoms with Gasteiger partial charge in [-0.2, -0.15) is 0 Å². The molecule has 0 heterocycles. The van der Waals surface area contributed by atoms with Crippen LogP contribution in [0, 0.1) is 5.41 Å². The zero-order valence-electron chi connectivity index (χ0n) is 7.99. The molecular weight excluding hydrogens is 180 g/mol. The second-order valence-corrected chi connectivity index (χ2v) is 5.93. The third-order valence-corrected chi connectivity index (χ3v) is 4.72. The molecule has 2 atom stereocenters. The predicted octanol–water partition coefficient (Wildman–Crippen LogP) is 2.59. The van der Waals surface area contributed by atoms with E-state index >= 15 is 0 Å². The van der Waals surface area contributed by atoms with Gasteiger partial charge in [-0.05, 0) is 24.0 Å². The van der Waals surface area contributed by atoms with Crippen LogP contribution in [0.5, 0.6) is 0 Å². The van der Waals surface area contributed by atoms with Gasteiger partial charge in [0.05, 0.1) is 10.8 Å². The number of hydrogen-bond donors (Lipinski definition) is 0. The van der Waals surface area contributed by atoms with Gasteiger partial charge in [-0.3, -0.25) is 4.21 Å². The van der Waals surface area contributed by atoms with Gasteiger partial charge >= 0.3 is 0 Å². The Bertz CT molecular complexity index is 329. The quantitative estimate of drug-likeness (QED) is 0.707. The van der Waals surface area contributed by atoms with Gasteiger partial charge < -0.3 is 0 Å². The molecule has 1 aliphatic carbocycles. The van der Waals surface area contributed by atoms with Crippen LogP contribution in [0.4, 0.5) is 0 Å². The molecular formula is C11H14OS. The van der Waals surface area contributed by atoms with Crippen molar-refractivity contribution in [3.8, 4) is 0 Å². The molecule has 0 radical (unpaired) electrons. The van der Waals surface area contributed by atoms with Crippen LogP contribution in [-0.4, -0.2) is 9.46 Å². The summed E-state index contributed by atoms with van der Waals surface area (Å²) in [6.45, 7) is 4.36. The molecule has 0 N–H and O–H groups in total. The van der Waals surface area contributed by atoms with Crippen molar-refractivity contribution in [2.75, 3.05) is 0 Å². The first-order valence-corrected chi connectivity index (χ1v) is 5.78. The molecule has 0 bridgehead atoms. The first kappa shape index (κ1) is 8.95. The summed E-state index contributed by atoms with van der Waals surface area (Å²) in [6.07, 6.45) is 1.09. The number of hydrogen-bond acceptors (Lipinski definition) is 1. The Morgan fingerprint density at radius 3 is 2.31 bits per heavy atom. The fourth-order valence-electron chi connectivity index (χ4n) is 1.50. The molecule has 2 rings (SSSR count). The van der Waals surface area contributed by atoms with Gasteiger partial charge in [-0.25, -0.2) is 0 Å². The summed E-state index contributed by atoms with van der Waals surface area (Å²) in [7, 11) is -0.793. The fraction of sp³-hybridized carbons (Fsp3) is 0.455. The van der Waals surface area contributed by atoms with E-state index in [1.54, 1.807) is 0 Å². The van der Waals surface area contributed by atoms with Crippen molar-refractivity contribution >= 4 is 10.8 Å². The van der Waals surface area contributed by atoms with Gasteiger partial charge in [0.15, 0.2) is 0 Å². The molecule has 2 heteroatoms. The van der Waals surface area contributed by atoms with Crippen LogP contribution in [0.2, 0.25) is 0 Å². The molecule has 0 aromatic heterocycles. The molecule has 1 nitrogen and oxygen atoms in total. The Balaban J connectivity index is 2.17. The molecule has 2 unspecified atom stereocenters. The largest absolute Gasteiger partial charge is 0.254 e. The lowest BCUT2D eigenvalue weighted by atomic mass is 10.2. The highest BCUT2D eigenvalue weighted by atomic mass is 32.2. The van der Waals surface area contributed by atoms with Crippen molar-refractivity contribution in [2.45, 2.75) is 30.4 Å². The molecule has 13 heavy (non-hydrogen) atoms. The average Bonchev–Trinajstić information content (AvgIpc) is 2.76. The molecule has 0 aliphatic heterocycles. The smallest absolute Gasteiger partial charge is 0.0566 e. The van der Waals surface area contributed by atoms with E-state index in [0.29, 0.717) is 10.7 Å². The summed E-state index contributed by atoms with van der Waals surface area (Å²) in [5, 5.41) is 0.370. The maximum Gasteiger partial charge on any atom is 0.0566 e. The first-order valence-electron chi connectivity index (χ1n) is 4.57. The average molecular weight is 194 g/mol. The minimum Gasteiger partial charge on any atom is -0.254 e. The standard InChI is InChI=1S/C11H14OS/c1-11(2)8-10(11)13(12)9-6-4-3-5-7-9/h3-7,10H,8H2,1-2H3. The maximum absolute atomic E-state index is 11.9. The van der Waals surface area contributed by atoms with E-state index < -0.39 is 10.8 Å². The van der Waals surface area contributed by atoms with E-state index in [2.05, 4.69) is 13.8 Å². The van der Waals surface area contributed by atoms with Crippen LogP contribution in [0.1, 0.15) is 20.3 Å². The molecule has 1 saturated carbocycles. The van der Waals surface area contributed by atoms with Crippen molar-refractivity contribution in [3.05, 3.63) is 30.3 Å². The van der Waals surface area contributed by atoms with Crippen LogP contribution in [-0.2, 0) is 10.8 Å². The van der Waals surface area contributed by atoms with Gasteiger partial charge in [0.25, 0.3) is 0 Å². The summed E-state index contributed by atoms with van der Waals surface area (Å²) < 4.78 is 11.9.